The number of carbonyl (C=O) groups excluding carboxylic acids is 2. The van der Waals surface area contributed by atoms with Gasteiger partial charge in [-0.25, -0.2) is 0 Å². The molecule has 2 saturated heterocycles. The lowest BCUT2D eigenvalue weighted by Crippen LogP contribution is -2.55. The van der Waals surface area contributed by atoms with Crippen LogP contribution >= 0.6 is 24.8 Å². The number of hydrogen-bond donors (Lipinski definition) is 1. The van der Waals surface area contributed by atoms with E-state index in [0.29, 0.717) is 32.7 Å². The standard InChI is InChI=1S/C13H24N4O2.2ClH/c1-11(14)13(19)17-8-6-16(7-9-17)12(18)10-15-4-2-3-5-15;;/h11H,2-10,14H2,1H3;2*1H/t11-;;/m1../s1. The number of hydrogen-bond acceptors (Lipinski definition) is 4. The van der Waals surface area contributed by atoms with E-state index in [1.165, 1.54) is 12.8 Å². The minimum absolute atomic E-state index is 0. The van der Waals surface area contributed by atoms with E-state index in [1.807, 2.05) is 4.90 Å². The van der Waals surface area contributed by atoms with E-state index in [1.54, 1.807) is 11.8 Å². The van der Waals surface area contributed by atoms with Gasteiger partial charge in [0, 0.05) is 26.2 Å². The van der Waals surface area contributed by atoms with Gasteiger partial charge in [-0.1, -0.05) is 0 Å². The monoisotopic (exact) mass is 340 g/mol. The highest BCUT2D eigenvalue weighted by Crippen LogP contribution is 2.09. The zero-order valence-electron chi connectivity index (χ0n) is 12.5. The van der Waals surface area contributed by atoms with Gasteiger partial charge in [0.15, 0.2) is 0 Å². The number of likely N-dealkylation sites (tertiary alicyclic amines) is 1. The minimum atomic E-state index is -0.452. The Morgan fingerprint density at radius 1 is 0.952 bits per heavy atom. The molecule has 0 spiro atoms. The Hall–Kier alpha value is -0.560. The van der Waals surface area contributed by atoms with Crippen LogP contribution in [0.15, 0.2) is 0 Å². The molecule has 0 bridgehead atoms. The van der Waals surface area contributed by atoms with Gasteiger partial charge >= 0.3 is 0 Å². The lowest BCUT2D eigenvalue weighted by Gasteiger charge is -2.36. The third-order valence-corrected chi connectivity index (χ3v) is 3.89. The number of nitrogens with zero attached hydrogens (tertiary/aromatic N) is 3. The highest BCUT2D eigenvalue weighted by atomic mass is 35.5. The van der Waals surface area contributed by atoms with E-state index < -0.39 is 6.04 Å². The molecule has 2 aliphatic rings. The molecule has 21 heavy (non-hydrogen) atoms. The number of nitrogens with two attached hydrogens (primary N) is 1. The predicted octanol–water partition coefficient (Wildman–Crippen LogP) is -0.0562. The summed E-state index contributed by atoms with van der Waals surface area (Å²) in [5, 5.41) is 0. The number of halogens is 2. The van der Waals surface area contributed by atoms with Crippen molar-refractivity contribution in [2.75, 3.05) is 45.8 Å². The average molecular weight is 341 g/mol. The first-order chi connectivity index (χ1) is 9.08. The normalized spacial score (nSPS) is 20.5. The molecule has 0 unspecified atom stereocenters. The van der Waals surface area contributed by atoms with Crippen molar-refractivity contribution < 1.29 is 9.59 Å². The van der Waals surface area contributed by atoms with Crippen molar-refractivity contribution in [3.05, 3.63) is 0 Å². The molecule has 2 aliphatic heterocycles. The third kappa shape index (κ3) is 5.62. The highest BCUT2D eigenvalue weighted by molar-refractivity contribution is 5.85. The Morgan fingerprint density at radius 3 is 1.90 bits per heavy atom. The van der Waals surface area contributed by atoms with Crippen LogP contribution in [0.2, 0.25) is 0 Å². The van der Waals surface area contributed by atoms with Crippen molar-refractivity contribution in [1.82, 2.24) is 14.7 Å². The van der Waals surface area contributed by atoms with Crippen molar-refractivity contribution in [3.63, 3.8) is 0 Å². The van der Waals surface area contributed by atoms with E-state index in [0.717, 1.165) is 13.1 Å². The van der Waals surface area contributed by atoms with Gasteiger partial charge in [0.25, 0.3) is 0 Å². The van der Waals surface area contributed by atoms with Crippen molar-refractivity contribution in [2.24, 2.45) is 5.73 Å². The van der Waals surface area contributed by atoms with Crippen LogP contribution in [-0.4, -0.2) is 78.4 Å². The zero-order chi connectivity index (χ0) is 13.8. The minimum Gasteiger partial charge on any atom is -0.338 e. The summed E-state index contributed by atoms with van der Waals surface area (Å²) in [6.07, 6.45) is 2.40. The molecule has 2 N–H and O–H groups in total. The van der Waals surface area contributed by atoms with Crippen LogP contribution in [-0.2, 0) is 9.59 Å². The molecule has 2 heterocycles. The second kappa shape index (κ2) is 9.46. The molecule has 6 nitrogen and oxygen atoms in total. The molecular weight excluding hydrogens is 315 g/mol. The molecule has 124 valence electrons. The van der Waals surface area contributed by atoms with Gasteiger partial charge in [0.1, 0.15) is 0 Å². The van der Waals surface area contributed by atoms with Crippen LogP contribution in [0.5, 0.6) is 0 Å². The maximum atomic E-state index is 12.1. The van der Waals surface area contributed by atoms with E-state index in [9.17, 15) is 9.59 Å². The molecular formula is C13H26Cl2N4O2. The quantitative estimate of drug-likeness (QED) is 0.781. The van der Waals surface area contributed by atoms with E-state index in [-0.39, 0.29) is 36.6 Å². The molecule has 0 saturated carbocycles. The van der Waals surface area contributed by atoms with Crippen LogP contribution in [0.25, 0.3) is 0 Å². The second-order valence-corrected chi connectivity index (χ2v) is 5.48. The van der Waals surface area contributed by atoms with Gasteiger partial charge in [0.2, 0.25) is 11.8 Å². The van der Waals surface area contributed by atoms with Gasteiger partial charge in [-0.2, -0.15) is 0 Å². The largest absolute Gasteiger partial charge is 0.338 e. The Morgan fingerprint density at radius 2 is 1.43 bits per heavy atom. The van der Waals surface area contributed by atoms with E-state index >= 15 is 0 Å². The van der Waals surface area contributed by atoms with Gasteiger partial charge in [-0.3, -0.25) is 14.5 Å². The first kappa shape index (κ1) is 20.4. The van der Waals surface area contributed by atoms with Gasteiger partial charge in [0.05, 0.1) is 12.6 Å². The maximum Gasteiger partial charge on any atom is 0.239 e. The molecule has 0 aromatic carbocycles. The molecule has 2 amide bonds. The van der Waals surface area contributed by atoms with Crippen molar-refractivity contribution >= 4 is 36.6 Å². The van der Waals surface area contributed by atoms with Crippen molar-refractivity contribution in [1.29, 1.82) is 0 Å². The fraction of sp³-hybridized carbons (Fsp3) is 0.846. The van der Waals surface area contributed by atoms with Crippen LogP contribution in [0.4, 0.5) is 0 Å². The number of piperazine rings is 1. The Labute approximate surface area is 138 Å². The maximum absolute atomic E-state index is 12.1. The topological polar surface area (TPSA) is 69.9 Å². The van der Waals surface area contributed by atoms with Crippen LogP contribution in [0.3, 0.4) is 0 Å². The lowest BCUT2D eigenvalue weighted by molar-refractivity contribution is -0.140. The summed E-state index contributed by atoms with van der Waals surface area (Å²) in [4.78, 5) is 29.7. The molecule has 1 atom stereocenters. The average Bonchev–Trinajstić information content (AvgIpc) is 2.90. The highest BCUT2D eigenvalue weighted by Gasteiger charge is 2.26. The molecule has 0 aromatic heterocycles. The molecule has 2 fully saturated rings. The number of carbonyl (C=O) groups is 2. The Kier molecular flexibility index (Phi) is 9.20. The zero-order valence-corrected chi connectivity index (χ0v) is 14.1. The third-order valence-electron chi connectivity index (χ3n) is 3.89. The lowest BCUT2D eigenvalue weighted by atomic mass is 10.2. The van der Waals surface area contributed by atoms with Gasteiger partial charge in [-0.15, -0.1) is 24.8 Å². The Bertz CT molecular complexity index is 341. The molecule has 0 radical (unpaired) electrons. The summed E-state index contributed by atoms with van der Waals surface area (Å²) in [5.74, 6) is 0.168. The molecule has 2 rings (SSSR count). The van der Waals surface area contributed by atoms with Crippen LogP contribution < -0.4 is 5.73 Å². The predicted molar refractivity (Wildman–Crippen MR) is 87.0 cm³/mol. The van der Waals surface area contributed by atoms with Crippen LogP contribution in [0.1, 0.15) is 19.8 Å². The summed E-state index contributed by atoms with van der Waals surface area (Å²) in [7, 11) is 0. The van der Waals surface area contributed by atoms with Gasteiger partial charge in [-0.05, 0) is 32.9 Å². The molecule has 0 aliphatic carbocycles. The molecule has 0 aromatic rings. The summed E-state index contributed by atoms with van der Waals surface area (Å²) in [5.41, 5.74) is 5.59. The molecule has 8 heteroatoms. The summed E-state index contributed by atoms with van der Waals surface area (Å²) in [6, 6.07) is -0.452. The first-order valence-electron chi connectivity index (χ1n) is 7.12. The van der Waals surface area contributed by atoms with Crippen molar-refractivity contribution in [2.45, 2.75) is 25.8 Å². The van der Waals surface area contributed by atoms with Crippen LogP contribution in [0, 0.1) is 0 Å². The Balaban J connectivity index is 0.00000200. The van der Waals surface area contributed by atoms with E-state index in [2.05, 4.69) is 4.90 Å². The second-order valence-electron chi connectivity index (χ2n) is 5.48. The summed E-state index contributed by atoms with van der Waals surface area (Å²) < 4.78 is 0. The fourth-order valence-electron chi connectivity index (χ4n) is 2.70. The van der Waals surface area contributed by atoms with Crippen molar-refractivity contribution in [3.8, 4) is 0 Å². The number of rotatable bonds is 3. The first-order valence-corrected chi connectivity index (χ1v) is 7.12. The smallest absolute Gasteiger partial charge is 0.239 e. The van der Waals surface area contributed by atoms with Gasteiger partial charge < -0.3 is 15.5 Å². The van der Waals surface area contributed by atoms with E-state index in [4.69, 9.17) is 5.73 Å². The summed E-state index contributed by atoms with van der Waals surface area (Å²) in [6.45, 7) is 6.77. The summed E-state index contributed by atoms with van der Waals surface area (Å²) >= 11 is 0. The number of amides is 2. The SMILES string of the molecule is C[C@@H](N)C(=O)N1CCN(C(=O)CN2CCCC2)CC1.Cl.Cl. The fourth-order valence-corrected chi connectivity index (χ4v) is 2.70.